The van der Waals surface area contributed by atoms with Crippen molar-refractivity contribution in [1.29, 1.82) is 0 Å². The minimum atomic E-state index is 0. The van der Waals surface area contributed by atoms with E-state index in [0.717, 1.165) is 38.2 Å². The van der Waals surface area contributed by atoms with Crippen LogP contribution in [0.3, 0.4) is 0 Å². The summed E-state index contributed by atoms with van der Waals surface area (Å²) in [7, 11) is 6.06. The summed E-state index contributed by atoms with van der Waals surface area (Å²) in [6, 6.07) is 16.0. The Labute approximate surface area is 220 Å². The fraction of sp³-hybridized carbons (Fsp3) is 0.235. The van der Waals surface area contributed by atoms with E-state index in [2.05, 4.69) is 34.1 Å². The predicted molar refractivity (Wildman–Crippen MR) is 88.1 cm³/mol. The van der Waals surface area contributed by atoms with E-state index in [0.29, 0.717) is 11.0 Å². The molecule has 1 aliphatic rings. The second-order valence-electron chi connectivity index (χ2n) is 5.25. The van der Waals surface area contributed by atoms with Crippen molar-refractivity contribution < 1.29 is 103 Å². The van der Waals surface area contributed by atoms with Gasteiger partial charge in [-0.25, -0.2) is 0 Å². The van der Waals surface area contributed by atoms with Crippen molar-refractivity contribution in [1.82, 2.24) is 0 Å². The average Bonchev–Trinajstić information content (AvgIpc) is 2.56. The Bertz CT molecular complexity index is 635. The third kappa shape index (κ3) is 6.36. The molecule has 0 bridgehead atoms. The molecule has 5 radical (unpaired) electrons. The van der Waals surface area contributed by atoms with Gasteiger partial charge in [0.2, 0.25) is 0 Å². The number of benzene rings is 2. The van der Waals surface area contributed by atoms with Crippen LogP contribution in [0.2, 0.25) is 0 Å². The van der Waals surface area contributed by atoms with Crippen molar-refractivity contribution in [3.63, 3.8) is 0 Å². The van der Waals surface area contributed by atoms with Gasteiger partial charge in [0, 0.05) is 141 Å². The molecular formula is C17H17BN2OY3. The van der Waals surface area contributed by atoms with E-state index in [1.807, 2.05) is 18.2 Å². The molecule has 2 aromatic carbocycles. The van der Waals surface area contributed by atoms with Crippen LogP contribution in [0.4, 0.5) is 11.4 Å². The summed E-state index contributed by atoms with van der Waals surface area (Å²) in [6.45, 7) is 3.80. The Balaban J connectivity index is 0.00000176. The van der Waals surface area contributed by atoms with Crippen LogP contribution in [0.15, 0.2) is 48.5 Å². The van der Waals surface area contributed by atoms with Gasteiger partial charge in [0.25, 0.3) is 0 Å². The van der Waals surface area contributed by atoms with Gasteiger partial charge in [-0.3, -0.25) is 4.79 Å². The summed E-state index contributed by atoms with van der Waals surface area (Å²) in [4.78, 5) is 15.4. The molecule has 0 spiro atoms. The first-order valence-electron chi connectivity index (χ1n) is 7.17. The summed E-state index contributed by atoms with van der Waals surface area (Å²) >= 11 is 0. The Kier molecular flexibility index (Phi) is 13.0. The van der Waals surface area contributed by atoms with Crippen LogP contribution in [0.5, 0.6) is 0 Å². The molecule has 1 heterocycles. The molecule has 1 fully saturated rings. The Morgan fingerprint density at radius 1 is 0.833 bits per heavy atom. The molecule has 0 amide bonds. The molecule has 7 heteroatoms. The maximum atomic E-state index is 10.8. The second-order valence-corrected chi connectivity index (χ2v) is 5.25. The van der Waals surface area contributed by atoms with E-state index in [1.165, 1.54) is 5.69 Å². The second kappa shape index (κ2) is 12.5. The van der Waals surface area contributed by atoms with Gasteiger partial charge in [0.05, 0.1) is 0 Å². The molecule has 1 aliphatic heterocycles. The Hall–Kier alpha value is 1.09. The molecule has 1 saturated heterocycles. The Morgan fingerprint density at radius 2 is 1.42 bits per heavy atom. The van der Waals surface area contributed by atoms with Crippen LogP contribution in [0, 0.1) is 0 Å². The minimum Gasteiger partial charge on any atom is -0.368 e. The number of piperazine rings is 1. The molecular weight excluding hydrogens is 526 g/mol. The third-order valence-corrected chi connectivity index (χ3v) is 3.93. The molecule has 113 valence electrons. The number of aldehydes is 1. The molecule has 24 heavy (non-hydrogen) atoms. The standard InChI is InChI=1S/C17H17BN2O.3Y/c18-16-12-14(13-21)6-7-17(16)20-10-8-19(9-11-20)15-4-2-1-3-5-15;;;/h1-7,12-13H,8-11H2;;;. The van der Waals surface area contributed by atoms with Gasteiger partial charge in [-0.1, -0.05) is 29.7 Å². The number of hydrogen-bond donors (Lipinski definition) is 0. The van der Waals surface area contributed by atoms with Gasteiger partial charge >= 0.3 is 0 Å². The first-order chi connectivity index (χ1) is 10.3. The maximum Gasteiger partial charge on any atom is 0.150 e. The summed E-state index contributed by atoms with van der Waals surface area (Å²) < 4.78 is 0. The Morgan fingerprint density at radius 3 is 1.96 bits per heavy atom. The summed E-state index contributed by atoms with van der Waals surface area (Å²) in [5.41, 5.74) is 3.58. The fourth-order valence-corrected chi connectivity index (χ4v) is 2.78. The minimum absolute atomic E-state index is 0. The number of rotatable bonds is 3. The average molecular weight is 543 g/mol. The van der Waals surface area contributed by atoms with Gasteiger partial charge in [-0.15, -0.1) is 0 Å². The predicted octanol–water partition coefficient (Wildman–Crippen LogP) is 1.61. The van der Waals surface area contributed by atoms with Crippen molar-refractivity contribution in [3.8, 4) is 0 Å². The van der Waals surface area contributed by atoms with E-state index >= 15 is 0 Å². The maximum absolute atomic E-state index is 10.8. The van der Waals surface area contributed by atoms with E-state index in [1.54, 1.807) is 6.07 Å². The topological polar surface area (TPSA) is 23.6 Å². The zero-order chi connectivity index (χ0) is 14.7. The normalized spacial score (nSPS) is 13.2. The quantitative estimate of drug-likeness (QED) is 0.435. The molecule has 2 aromatic rings. The van der Waals surface area contributed by atoms with Crippen LogP contribution in [0.25, 0.3) is 0 Å². The van der Waals surface area contributed by atoms with E-state index in [-0.39, 0.29) is 98.1 Å². The first-order valence-corrected chi connectivity index (χ1v) is 7.17. The number of carbonyl (C=O) groups is 1. The molecule has 0 atom stereocenters. The van der Waals surface area contributed by atoms with Crippen molar-refractivity contribution >= 4 is 31.0 Å². The van der Waals surface area contributed by atoms with Gasteiger partial charge in [-0.05, 0) is 24.3 Å². The van der Waals surface area contributed by atoms with Crippen LogP contribution >= 0.6 is 0 Å². The summed E-state index contributed by atoms with van der Waals surface area (Å²) in [6.07, 6.45) is 0.827. The van der Waals surface area contributed by atoms with Crippen molar-refractivity contribution in [2.24, 2.45) is 0 Å². The SMILES string of the molecule is [B]c1cc(C=O)ccc1N1CCN(c2ccccc2)CC1.[Y].[Y].[Y]. The van der Waals surface area contributed by atoms with Crippen LogP contribution in [0.1, 0.15) is 10.4 Å². The summed E-state index contributed by atoms with van der Waals surface area (Å²) in [5, 5.41) is 0. The number of para-hydroxylation sites is 1. The first kappa shape index (κ1) is 25.1. The van der Waals surface area contributed by atoms with Gasteiger partial charge in [0.15, 0.2) is 0 Å². The van der Waals surface area contributed by atoms with E-state index in [4.69, 9.17) is 7.85 Å². The summed E-state index contributed by atoms with van der Waals surface area (Å²) in [5.74, 6) is 0. The van der Waals surface area contributed by atoms with Crippen molar-refractivity contribution in [2.75, 3.05) is 36.0 Å². The zero-order valence-electron chi connectivity index (χ0n) is 13.6. The number of nitrogens with zero attached hydrogens (tertiary/aromatic N) is 2. The number of hydrogen-bond acceptors (Lipinski definition) is 3. The molecule has 0 unspecified atom stereocenters. The molecule has 0 saturated carbocycles. The largest absolute Gasteiger partial charge is 0.368 e. The smallest absolute Gasteiger partial charge is 0.150 e. The number of anilines is 2. The zero-order valence-corrected chi connectivity index (χ0v) is 22.2. The molecule has 0 aromatic heterocycles. The van der Waals surface area contributed by atoms with Gasteiger partial charge in [-0.2, -0.15) is 0 Å². The third-order valence-electron chi connectivity index (χ3n) is 3.93. The van der Waals surface area contributed by atoms with Crippen LogP contribution in [-0.2, 0) is 98.1 Å². The van der Waals surface area contributed by atoms with E-state index in [9.17, 15) is 4.79 Å². The molecule has 3 nitrogen and oxygen atoms in total. The fourth-order valence-electron chi connectivity index (χ4n) is 2.78. The number of carbonyl (C=O) groups excluding carboxylic acids is 1. The van der Waals surface area contributed by atoms with Crippen LogP contribution in [-0.4, -0.2) is 40.3 Å². The monoisotopic (exact) mass is 543 g/mol. The van der Waals surface area contributed by atoms with Crippen LogP contribution < -0.4 is 15.3 Å². The van der Waals surface area contributed by atoms with Crippen molar-refractivity contribution in [2.45, 2.75) is 0 Å². The van der Waals surface area contributed by atoms with Crippen molar-refractivity contribution in [3.05, 3.63) is 54.1 Å². The van der Waals surface area contributed by atoms with E-state index < -0.39 is 0 Å². The van der Waals surface area contributed by atoms with Gasteiger partial charge in [0.1, 0.15) is 14.1 Å². The molecule has 3 rings (SSSR count). The molecule has 0 aliphatic carbocycles. The van der Waals surface area contributed by atoms with Gasteiger partial charge < -0.3 is 9.80 Å². The molecule has 0 N–H and O–H groups in total.